The summed E-state index contributed by atoms with van der Waals surface area (Å²) in [4.78, 5) is 14.9. The first-order chi connectivity index (χ1) is 25.7. The highest BCUT2D eigenvalue weighted by Crippen LogP contribution is 2.43. The van der Waals surface area contributed by atoms with E-state index < -0.39 is 8.07 Å². The summed E-state index contributed by atoms with van der Waals surface area (Å²) in [5.41, 5.74) is 12.7. The van der Waals surface area contributed by atoms with E-state index in [-0.39, 0.29) is 17.3 Å². The summed E-state index contributed by atoms with van der Waals surface area (Å²) < 4.78 is 9.26. The SMILES string of the molecule is CC(C)c1cc(-c2ccc([Si](C)(C)C)cc2)cc(C(C)C)c1-n1c(-c2cccc3c2oc2cc(-c4ccnc(C(C)(C)C)n4)ccc23)nc2ccccc21. The minimum absolute atomic E-state index is 0.149. The lowest BCUT2D eigenvalue weighted by atomic mass is 9.88. The number of benzene rings is 5. The van der Waals surface area contributed by atoms with E-state index in [0.29, 0.717) is 0 Å². The summed E-state index contributed by atoms with van der Waals surface area (Å²) >= 11 is 0. The first-order valence-electron chi connectivity index (χ1n) is 19.2. The van der Waals surface area contributed by atoms with Gasteiger partial charge in [-0.25, -0.2) is 15.0 Å². The zero-order valence-corrected chi connectivity index (χ0v) is 34.2. The van der Waals surface area contributed by atoms with Gasteiger partial charge in [0.05, 0.1) is 36.1 Å². The molecule has 3 heterocycles. The topological polar surface area (TPSA) is 56.7 Å². The molecule has 0 saturated carbocycles. The van der Waals surface area contributed by atoms with Crippen molar-refractivity contribution in [3.8, 4) is 39.5 Å². The Morgan fingerprint density at radius 3 is 2.02 bits per heavy atom. The van der Waals surface area contributed by atoms with E-state index in [0.717, 1.165) is 61.4 Å². The van der Waals surface area contributed by atoms with Crippen molar-refractivity contribution < 1.29 is 4.42 Å². The molecule has 8 rings (SSSR count). The van der Waals surface area contributed by atoms with Crippen molar-refractivity contribution in [1.82, 2.24) is 19.5 Å². The van der Waals surface area contributed by atoms with E-state index in [1.54, 1.807) is 0 Å². The van der Waals surface area contributed by atoms with Crippen LogP contribution in [0.15, 0.2) is 114 Å². The normalized spacial score (nSPS) is 12.6. The van der Waals surface area contributed by atoms with Crippen molar-refractivity contribution in [1.29, 1.82) is 0 Å². The van der Waals surface area contributed by atoms with Crippen molar-refractivity contribution in [2.75, 3.05) is 0 Å². The number of rotatable bonds is 7. The molecular formula is C48H50N4OSi. The Hall–Kier alpha value is -5.33. The van der Waals surface area contributed by atoms with E-state index >= 15 is 0 Å². The molecule has 6 heteroatoms. The summed E-state index contributed by atoms with van der Waals surface area (Å²) in [5.74, 6) is 2.24. The van der Waals surface area contributed by atoms with Crippen molar-refractivity contribution in [2.24, 2.45) is 0 Å². The number of para-hydroxylation sites is 3. The molecule has 0 aliphatic rings. The van der Waals surface area contributed by atoms with Gasteiger partial charge in [0.25, 0.3) is 0 Å². The fraction of sp³-hybridized carbons (Fsp3) is 0.271. The van der Waals surface area contributed by atoms with Gasteiger partial charge in [-0.1, -0.05) is 128 Å². The smallest absolute Gasteiger partial charge is 0.149 e. The van der Waals surface area contributed by atoms with Gasteiger partial charge in [-0.15, -0.1) is 0 Å². The van der Waals surface area contributed by atoms with Crippen LogP contribution in [0, 0.1) is 0 Å². The molecule has 0 bridgehead atoms. The predicted octanol–water partition coefficient (Wildman–Crippen LogP) is 12.8. The number of fused-ring (bicyclic) bond motifs is 4. The van der Waals surface area contributed by atoms with Crippen LogP contribution in [0.3, 0.4) is 0 Å². The van der Waals surface area contributed by atoms with E-state index in [9.17, 15) is 0 Å². The first-order valence-corrected chi connectivity index (χ1v) is 22.7. The lowest BCUT2D eigenvalue weighted by molar-refractivity contribution is 0.546. The van der Waals surface area contributed by atoms with Crippen LogP contribution < -0.4 is 5.19 Å². The number of nitrogens with zero attached hydrogens (tertiary/aromatic N) is 4. The molecule has 272 valence electrons. The Kier molecular flexibility index (Phi) is 8.73. The molecule has 0 N–H and O–H groups in total. The Balaban J connectivity index is 1.34. The van der Waals surface area contributed by atoms with Crippen molar-refractivity contribution >= 4 is 46.2 Å². The van der Waals surface area contributed by atoms with Gasteiger partial charge in [0.1, 0.15) is 22.8 Å². The fourth-order valence-corrected chi connectivity index (χ4v) is 8.76. The van der Waals surface area contributed by atoms with Crippen molar-refractivity contribution in [3.63, 3.8) is 0 Å². The van der Waals surface area contributed by atoms with Gasteiger partial charge in [0.15, 0.2) is 0 Å². The van der Waals surface area contributed by atoms with Crippen LogP contribution in [0.1, 0.15) is 77.3 Å². The van der Waals surface area contributed by atoms with Crippen molar-refractivity contribution in [2.45, 2.75) is 85.4 Å². The monoisotopic (exact) mass is 726 g/mol. The highest BCUT2D eigenvalue weighted by molar-refractivity contribution is 6.88. The van der Waals surface area contributed by atoms with Crippen LogP contribution in [-0.2, 0) is 5.41 Å². The molecule has 0 amide bonds. The summed E-state index contributed by atoms with van der Waals surface area (Å²) in [5, 5.41) is 3.61. The molecule has 0 spiro atoms. The standard InChI is InChI=1S/C48H50N4OSi/c1-29(2)38-26-33(31-18-21-34(22-19-31)54(8,9)10)27-39(30(3)4)44(38)52-42-17-12-11-16-41(42)50-46(52)37-15-13-14-36-35-23-20-32(28-43(35)53-45(36)37)40-24-25-49-47(51-40)48(5,6)7/h11-30H,1-10H3. The molecule has 5 nitrogen and oxygen atoms in total. The number of aromatic nitrogens is 4. The van der Waals surface area contributed by atoms with Crippen LogP contribution in [-0.4, -0.2) is 27.6 Å². The van der Waals surface area contributed by atoms with Gasteiger partial charge in [-0.2, -0.15) is 0 Å². The largest absolute Gasteiger partial charge is 0.455 e. The second kappa shape index (κ2) is 13.2. The Morgan fingerprint density at radius 1 is 0.667 bits per heavy atom. The molecule has 0 atom stereocenters. The van der Waals surface area contributed by atoms with Gasteiger partial charge in [0.2, 0.25) is 0 Å². The summed E-state index contributed by atoms with van der Waals surface area (Å²) in [6, 6.07) is 37.5. The van der Waals surface area contributed by atoms with Gasteiger partial charge in [-0.05, 0) is 82.6 Å². The van der Waals surface area contributed by atoms with Crippen LogP contribution in [0.25, 0.3) is 72.4 Å². The Morgan fingerprint density at radius 2 is 1.35 bits per heavy atom. The second-order valence-electron chi connectivity index (χ2n) is 17.4. The molecule has 0 radical (unpaired) electrons. The molecule has 0 fully saturated rings. The van der Waals surface area contributed by atoms with Crippen LogP contribution in [0.4, 0.5) is 0 Å². The third-order valence-corrected chi connectivity index (χ3v) is 12.7. The highest BCUT2D eigenvalue weighted by Gasteiger charge is 2.26. The van der Waals surface area contributed by atoms with E-state index in [4.69, 9.17) is 14.4 Å². The lowest BCUT2D eigenvalue weighted by Gasteiger charge is -2.24. The van der Waals surface area contributed by atoms with Gasteiger partial charge >= 0.3 is 0 Å². The number of furan rings is 1. The van der Waals surface area contributed by atoms with Crippen LogP contribution in [0.2, 0.25) is 19.6 Å². The van der Waals surface area contributed by atoms with Gasteiger partial charge in [-0.3, -0.25) is 4.57 Å². The average molecular weight is 727 g/mol. The number of hydrogen-bond acceptors (Lipinski definition) is 4. The summed E-state index contributed by atoms with van der Waals surface area (Å²) in [7, 11) is -1.41. The van der Waals surface area contributed by atoms with E-state index in [1.165, 1.54) is 33.1 Å². The molecule has 0 saturated heterocycles. The summed E-state index contributed by atoms with van der Waals surface area (Å²) in [6.45, 7) is 22.9. The number of imidazole rings is 1. The number of hydrogen-bond donors (Lipinski definition) is 0. The highest BCUT2D eigenvalue weighted by atomic mass is 28.3. The quantitative estimate of drug-likeness (QED) is 0.153. The maximum atomic E-state index is 6.86. The zero-order valence-electron chi connectivity index (χ0n) is 33.2. The third-order valence-electron chi connectivity index (χ3n) is 10.6. The fourth-order valence-electron chi connectivity index (χ4n) is 7.60. The molecular weight excluding hydrogens is 677 g/mol. The maximum Gasteiger partial charge on any atom is 0.149 e. The molecule has 0 aliphatic heterocycles. The van der Waals surface area contributed by atoms with E-state index in [2.05, 4.69) is 175 Å². The minimum atomic E-state index is -1.41. The van der Waals surface area contributed by atoms with Crippen LogP contribution in [0.5, 0.6) is 0 Å². The zero-order chi connectivity index (χ0) is 38.1. The lowest BCUT2D eigenvalue weighted by Crippen LogP contribution is -2.37. The average Bonchev–Trinajstić information content (AvgIpc) is 3.72. The van der Waals surface area contributed by atoms with Crippen LogP contribution >= 0.6 is 0 Å². The Labute approximate surface area is 320 Å². The molecule has 8 aromatic rings. The molecule has 0 unspecified atom stereocenters. The maximum absolute atomic E-state index is 6.86. The van der Waals surface area contributed by atoms with E-state index in [1.807, 2.05) is 12.3 Å². The second-order valence-corrected chi connectivity index (χ2v) is 22.5. The molecule has 54 heavy (non-hydrogen) atoms. The summed E-state index contributed by atoms with van der Waals surface area (Å²) in [6.07, 6.45) is 1.85. The van der Waals surface area contributed by atoms with Gasteiger partial charge in [0, 0.05) is 27.9 Å². The van der Waals surface area contributed by atoms with Crippen molar-refractivity contribution in [3.05, 3.63) is 126 Å². The molecule has 5 aromatic carbocycles. The predicted molar refractivity (Wildman–Crippen MR) is 230 cm³/mol. The molecule has 0 aliphatic carbocycles. The Bertz CT molecular complexity index is 2650. The third kappa shape index (κ3) is 6.26. The van der Waals surface area contributed by atoms with Gasteiger partial charge < -0.3 is 4.42 Å². The minimum Gasteiger partial charge on any atom is -0.455 e. The molecule has 3 aromatic heterocycles. The first kappa shape index (κ1) is 35.7.